The number of carbonyl (C=O) groups is 12. The molecule has 90 heavy (non-hydrogen) atoms. The number of rotatable bonds is 17. The van der Waals surface area contributed by atoms with Crippen molar-refractivity contribution in [2.24, 2.45) is 41.4 Å². The highest BCUT2D eigenvalue weighted by molar-refractivity contribution is 6.00. The first-order chi connectivity index (χ1) is 41.6. The zero-order valence-corrected chi connectivity index (χ0v) is 59.0. The molecule has 25 heteroatoms. The van der Waals surface area contributed by atoms with Crippen LogP contribution >= 0.6 is 0 Å². The molecule has 1 saturated heterocycles. The fraction of sp³-hybridized carbons (Fsp3) is 0.785. The van der Waals surface area contributed by atoms with Crippen molar-refractivity contribution >= 4 is 70.9 Å². The van der Waals surface area contributed by atoms with Crippen molar-refractivity contribution in [3.05, 3.63) is 12.2 Å². The lowest BCUT2D eigenvalue weighted by Gasteiger charge is -2.41. The fourth-order valence-corrected chi connectivity index (χ4v) is 11.3. The molecule has 0 aromatic heterocycles. The molecule has 0 aliphatic carbocycles. The number of nitrogens with zero attached hydrogens (tertiary/aromatic N) is 7. The number of likely N-dealkylation sites (N-methyl/N-ethyl adjacent to an activating group) is 7. The van der Waals surface area contributed by atoms with Gasteiger partial charge in [0.25, 0.3) is 0 Å². The molecule has 1 aliphatic rings. The SMILES string of the molecule is C/C=C/C[C@@H](C)[C@@H](O)[C@H]1C(=O)N[C@@H](CC)C(=O)N(C)C(CC(=O)OC)C(=O)N(C)[C@@H](CC(C)C)C(=O)N[C@@H](C(C)C)C(=O)N(C)[C@@H](CC(C)C)C(=O)N[C@@H](C)C(=O)N[C@H](C)C(=O)N(C)[C@@H](CC(C)C)C(=O)N(C)[C@@H](CC(C)C)C(=O)N(C)[C@@H](C(C)C)C(=O)N1C. The Kier molecular flexibility index (Phi) is 33.4. The molecule has 13 atom stereocenters. The van der Waals surface area contributed by atoms with Crippen LogP contribution < -0.4 is 21.3 Å². The molecule has 0 spiro atoms. The molecular weight excluding hydrogens is 1160 g/mol. The number of esters is 1. The van der Waals surface area contributed by atoms with E-state index >= 15 is 19.2 Å². The van der Waals surface area contributed by atoms with Gasteiger partial charge in [-0.1, -0.05) is 109 Å². The summed E-state index contributed by atoms with van der Waals surface area (Å²) in [6.45, 7) is 29.4. The molecule has 1 heterocycles. The van der Waals surface area contributed by atoms with Crippen LogP contribution in [0.5, 0.6) is 0 Å². The predicted octanol–water partition coefficient (Wildman–Crippen LogP) is 3.20. The quantitative estimate of drug-likeness (QED) is 0.103. The number of nitrogens with one attached hydrogen (secondary N) is 4. The predicted molar refractivity (Wildman–Crippen MR) is 344 cm³/mol. The van der Waals surface area contributed by atoms with Crippen LogP contribution in [0.25, 0.3) is 0 Å². The Bertz CT molecular complexity index is 2500. The van der Waals surface area contributed by atoms with E-state index in [4.69, 9.17) is 4.74 Å². The van der Waals surface area contributed by atoms with Crippen LogP contribution in [0.4, 0.5) is 0 Å². The van der Waals surface area contributed by atoms with Gasteiger partial charge in [-0.15, -0.1) is 0 Å². The summed E-state index contributed by atoms with van der Waals surface area (Å²) in [6.07, 6.45) is 1.85. The zero-order valence-electron chi connectivity index (χ0n) is 59.0. The number of hydrogen-bond acceptors (Lipinski definition) is 14. The van der Waals surface area contributed by atoms with Crippen molar-refractivity contribution in [1.82, 2.24) is 55.6 Å². The lowest BCUT2D eigenvalue weighted by molar-refractivity contribution is -0.157. The molecule has 1 aliphatic heterocycles. The number of hydrogen-bond donors (Lipinski definition) is 5. The standard InChI is InChI=1S/C65H115N11O14/c1-26-28-29-41(15)54(78)53-58(82)68-44(27-2)60(84)73(21)49(34-50(77)90-25)62(86)70(18)46(31-36(5)6)57(81)69-51(39(11)12)64(88)71(19)45(30-35(3)4)56(80)66-42(16)55(79)67-43(17)59(83)72(20)47(32-37(7)8)61(85)74(22)48(33-38(9)10)63(87)75(23)52(40(13)14)65(89)76(53)24/h26,28,35-49,51-54,78H,27,29-34H2,1-25H3,(H,66,80)(H,67,79)(H,68,82)(H,69,81)/b28-26+/t41-,42+,43-,44+,45+,46+,47+,48+,49?,51+,52+,53+,54-/m1/s1. The van der Waals surface area contributed by atoms with E-state index in [2.05, 4.69) is 21.3 Å². The lowest BCUT2D eigenvalue weighted by atomic mass is 9.91. The second-order valence-electron chi connectivity index (χ2n) is 27.1. The Morgan fingerprint density at radius 1 is 0.467 bits per heavy atom. The molecule has 0 radical (unpaired) electrons. The van der Waals surface area contributed by atoms with Crippen molar-refractivity contribution in [2.75, 3.05) is 56.4 Å². The molecule has 514 valence electrons. The van der Waals surface area contributed by atoms with Crippen LogP contribution in [0, 0.1) is 41.4 Å². The van der Waals surface area contributed by atoms with Gasteiger partial charge in [-0.25, -0.2) is 0 Å². The zero-order chi connectivity index (χ0) is 69.8. The number of allylic oxidation sites excluding steroid dienone is 2. The maximum Gasteiger partial charge on any atom is 0.308 e. The van der Waals surface area contributed by atoms with Crippen molar-refractivity contribution in [3.63, 3.8) is 0 Å². The Morgan fingerprint density at radius 3 is 1.29 bits per heavy atom. The number of methoxy groups -OCH3 is 1. The number of amides is 11. The molecule has 0 saturated carbocycles. The monoisotopic (exact) mass is 1270 g/mol. The van der Waals surface area contributed by atoms with Crippen molar-refractivity contribution in [2.45, 2.75) is 235 Å². The Morgan fingerprint density at radius 2 is 0.856 bits per heavy atom. The summed E-state index contributed by atoms with van der Waals surface area (Å²) in [5.74, 6) is -11.8. The van der Waals surface area contributed by atoms with E-state index in [1.807, 2.05) is 55.4 Å². The summed E-state index contributed by atoms with van der Waals surface area (Å²) in [6, 6.07) is -14.7. The molecule has 25 nitrogen and oxygen atoms in total. The molecule has 1 rings (SSSR count). The highest BCUT2D eigenvalue weighted by atomic mass is 16.5. The van der Waals surface area contributed by atoms with E-state index < -0.39 is 168 Å². The largest absolute Gasteiger partial charge is 0.469 e. The highest BCUT2D eigenvalue weighted by Crippen LogP contribution is 2.26. The van der Waals surface area contributed by atoms with Crippen LogP contribution in [-0.2, 0) is 62.3 Å². The first-order valence-electron chi connectivity index (χ1n) is 32.0. The molecule has 0 bridgehead atoms. The van der Waals surface area contributed by atoms with E-state index in [0.717, 1.165) is 21.8 Å². The minimum absolute atomic E-state index is 0.0360. The van der Waals surface area contributed by atoms with E-state index in [1.165, 1.54) is 82.8 Å². The molecular formula is C65H115N11O14. The van der Waals surface area contributed by atoms with E-state index in [1.54, 1.807) is 60.6 Å². The van der Waals surface area contributed by atoms with Gasteiger partial charge in [0.15, 0.2) is 0 Å². The Labute approximate surface area is 537 Å². The second-order valence-corrected chi connectivity index (χ2v) is 27.1. The number of carbonyl (C=O) groups excluding carboxylic acids is 12. The van der Waals surface area contributed by atoms with Gasteiger partial charge < -0.3 is 65.4 Å². The van der Waals surface area contributed by atoms with E-state index in [0.29, 0.717) is 0 Å². The third kappa shape index (κ3) is 22.3. The smallest absolute Gasteiger partial charge is 0.308 e. The summed E-state index contributed by atoms with van der Waals surface area (Å²) in [4.78, 5) is 184. The van der Waals surface area contributed by atoms with Gasteiger partial charge in [0, 0.05) is 49.3 Å². The van der Waals surface area contributed by atoms with Gasteiger partial charge in [0.1, 0.15) is 66.5 Å². The maximum atomic E-state index is 15.3. The third-order valence-electron chi connectivity index (χ3n) is 17.0. The summed E-state index contributed by atoms with van der Waals surface area (Å²) in [5, 5.41) is 23.1. The van der Waals surface area contributed by atoms with Crippen LogP contribution in [-0.4, -0.2) is 239 Å². The molecule has 0 aromatic carbocycles. The molecule has 1 unspecified atom stereocenters. The van der Waals surface area contributed by atoms with Gasteiger partial charge in [0.05, 0.1) is 19.6 Å². The first-order valence-corrected chi connectivity index (χ1v) is 32.0. The van der Waals surface area contributed by atoms with Crippen molar-refractivity contribution < 1.29 is 67.4 Å². The average molecular weight is 1270 g/mol. The minimum Gasteiger partial charge on any atom is -0.469 e. The van der Waals surface area contributed by atoms with Gasteiger partial charge in [-0.3, -0.25) is 57.5 Å². The van der Waals surface area contributed by atoms with Crippen molar-refractivity contribution in [3.8, 4) is 0 Å². The van der Waals surface area contributed by atoms with Crippen LogP contribution in [0.1, 0.15) is 163 Å². The van der Waals surface area contributed by atoms with Gasteiger partial charge in [0.2, 0.25) is 65.0 Å². The summed E-state index contributed by atoms with van der Waals surface area (Å²) in [7, 11) is 10.7. The minimum atomic E-state index is -1.70. The van der Waals surface area contributed by atoms with Crippen LogP contribution in [0.3, 0.4) is 0 Å². The Hall–Kier alpha value is -6.66. The third-order valence-corrected chi connectivity index (χ3v) is 17.0. The number of aliphatic hydroxyl groups excluding tert-OH is 1. The Balaban J connectivity index is 4.52. The molecule has 0 aromatic rings. The normalized spacial score (nSPS) is 26.8. The van der Waals surface area contributed by atoms with E-state index in [-0.39, 0.29) is 62.2 Å². The molecule has 5 N–H and O–H groups in total. The van der Waals surface area contributed by atoms with Gasteiger partial charge in [-0.05, 0) is 101 Å². The molecule has 1 fully saturated rings. The van der Waals surface area contributed by atoms with Crippen LogP contribution in [0.15, 0.2) is 12.2 Å². The fourth-order valence-electron chi connectivity index (χ4n) is 11.3. The van der Waals surface area contributed by atoms with Crippen molar-refractivity contribution in [1.29, 1.82) is 0 Å². The first kappa shape index (κ1) is 81.4. The van der Waals surface area contributed by atoms with Gasteiger partial charge in [-0.2, -0.15) is 0 Å². The second kappa shape index (κ2) is 37.0. The number of ether oxygens (including phenoxy) is 1. The highest BCUT2D eigenvalue weighted by Gasteiger charge is 2.46. The van der Waals surface area contributed by atoms with Gasteiger partial charge >= 0.3 is 5.97 Å². The number of aliphatic hydroxyl groups is 1. The molecule has 11 amide bonds. The lowest BCUT2D eigenvalue weighted by Crippen LogP contribution is -2.64. The topological polar surface area (TPSA) is 305 Å². The van der Waals surface area contributed by atoms with Crippen LogP contribution in [0.2, 0.25) is 0 Å². The maximum absolute atomic E-state index is 15.3. The summed E-state index contributed by atoms with van der Waals surface area (Å²) < 4.78 is 5.00. The summed E-state index contributed by atoms with van der Waals surface area (Å²) in [5.41, 5.74) is 0. The van der Waals surface area contributed by atoms with E-state index in [9.17, 15) is 43.5 Å². The summed E-state index contributed by atoms with van der Waals surface area (Å²) >= 11 is 0. The average Bonchev–Trinajstić information content (AvgIpc) is 0.842.